The lowest BCUT2D eigenvalue weighted by atomic mass is 9.89. The van der Waals surface area contributed by atoms with E-state index in [1.807, 2.05) is 41.9 Å². The van der Waals surface area contributed by atoms with E-state index in [1.54, 1.807) is 37.6 Å². The van der Waals surface area contributed by atoms with Crippen molar-refractivity contribution in [2.75, 3.05) is 11.9 Å². The molecule has 1 aliphatic heterocycles. The predicted molar refractivity (Wildman–Crippen MR) is 123 cm³/mol. The highest BCUT2D eigenvalue weighted by Gasteiger charge is 2.51. The zero-order valence-corrected chi connectivity index (χ0v) is 17.8. The highest BCUT2D eigenvalue weighted by molar-refractivity contribution is 7.13. The number of nitrogens with zero attached hydrogens (tertiary/aromatic N) is 4. The number of pyridine rings is 2. The largest absolute Gasteiger partial charge is 0.370 e. The fourth-order valence-corrected chi connectivity index (χ4v) is 5.09. The quantitative estimate of drug-likeness (QED) is 0.444. The summed E-state index contributed by atoms with van der Waals surface area (Å²) in [6.07, 6.45) is 5.25. The van der Waals surface area contributed by atoms with Crippen LogP contribution in [0.1, 0.15) is 11.3 Å². The highest BCUT2D eigenvalue weighted by atomic mass is 32.1. The van der Waals surface area contributed by atoms with E-state index >= 15 is 0 Å². The number of likely N-dealkylation sites (N-methyl/N-ethyl adjacent to an activating group) is 1. The van der Waals surface area contributed by atoms with E-state index in [4.69, 9.17) is 4.98 Å². The lowest BCUT2D eigenvalue weighted by Gasteiger charge is -2.22. The van der Waals surface area contributed by atoms with Gasteiger partial charge < -0.3 is 15.0 Å². The standard InChI is InChI=1S/C24H17N5O2S/c1-29-19-8-4-9-25-20(19)24(31,23(29)30)15-6-2-5-14(11-15)18-13-32-22(28-18)17-12-27-21-16(17)7-3-10-26-21/h2-13,31H,1H3,(H,26,27). The summed E-state index contributed by atoms with van der Waals surface area (Å²) in [5.41, 5.74) is 2.98. The van der Waals surface area contributed by atoms with E-state index < -0.39 is 11.5 Å². The molecule has 0 saturated carbocycles. The van der Waals surface area contributed by atoms with Crippen molar-refractivity contribution in [1.29, 1.82) is 0 Å². The molecule has 1 unspecified atom stereocenters. The minimum Gasteiger partial charge on any atom is -0.370 e. The van der Waals surface area contributed by atoms with Crippen molar-refractivity contribution in [2.24, 2.45) is 0 Å². The number of hydrogen-bond donors (Lipinski definition) is 2. The molecule has 0 aliphatic carbocycles. The third-order valence-electron chi connectivity index (χ3n) is 5.87. The molecule has 1 amide bonds. The average molecular weight is 440 g/mol. The Bertz CT molecular complexity index is 1510. The average Bonchev–Trinajstić information content (AvgIpc) is 3.53. The topological polar surface area (TPSA) is 95.0 Å². The third-order valence-corrected chi connectivity index (χ3v) is 6.74. The SMILES string of the molecule is CN1C(=O)C(O)(c2cccc(-c3csc(-c4c[nH]c5ncccc45)n3)c2)c2ncccc21. The molecule has 0 bridgehead atoms. The van der Waals surface area contributed by atoms with Gasteiger partial charge in [-0.25, -0.2) is 9.97 Å². The number of aromatic nitrogens is 4. The summed E-state index contributed by atoms with van der Waals surface area (Å²) in [4.78, 5) is 31.1. The molecule has 8 heteroatoms. The Morgan fingerprint density at radius 1 is 1.09 bits per heavy atom. The monoisotopic (exact) mass is 439 g/mol. The zero-order valence-electron chi connectivity index (χ0n) is 17.0. The van der Waals surface area contributed by atoms with Gasteiger partial charge in [0.15, 0.2) is 0 Å². The molecule has 6 rings (SSSR count). The van der Waals surface area contributed by atoms with E-state index in [9.17, 15) is 9.90 Å². The maximum Gasteiger partial charge on any atom is 0.269 e. The van der Waals surface area contributed by atoms with E-state index in [2.05, 4.69) is 15.0 Å². The number of carbonyl (C=O) groups excluding carboxylic acids is 1. The van der Waals surface area contributed by atoms with Crippen molar-refractivity contribution in [3.63, 3.8) is 0 Å². The van der Waals surface area contributed by atoms with Gasteiger partial charge in [-0.15, -0.1) is 11.3 Å². The Morgan fingerprint density at radius 3 is 2.84 bits per heavy atom. The second kappa shape index (κ2) is 6.81. The van der Waals surface area contributed by atoms with Gasteiger partial charge in [0.2, 0.25) is 5.60 Å². The summed E-state index contributed by atoms with van der Waals surface area (Å²) in [6.45, 7) is 0. The van der Waals surface area contributed by atoms with E-state index in [0.717, 1.165) is 32.9 Å². The lowest BCUT2D eigenvalue weighted by Crippen LogP contribution is -2.39. The number of thiazole rings is 1. The van der Waals surface area contributed by atoms with E-state index in [1.165, 1.54) is 16.2 Å². The summed E-state index contributed by atoms with van der Waals surface area (Å²) < 4.78 is 0. The number of carbonyl (C=O) groups is 1. The molecule has 0 saturated heterocycles. The fourth-order valence-electron chi connectivity index (χ4n) is 4.23. The first-order valence-electron chi connectivity index (χ1n) is 10.0. The predicted octanol–water partition coefficient (Wildman–Crippen LogP) is 3.96. The highest BCUT2D eigenvalue weighted by Crippen LogP contribution is 2.43. The van der Waals surface area contributed by atoms with Crippen LogP contribution in [0.5, 0.6) is 0 Å². The van der Waals surface area contributed by atoms with Gasteiger partial charge in [0.1, 0.15) is 16.3 Å². The molecule has 156 valence electrons. The minimum atomic E-state index is -1.83. The molecular weight excluding hydrogens is 422 g/mol. The van der Waals surface area contributed by atoms with Crippen LogP contribution in [0.3, 0.4) is 0 Å². The smallest absolute Gasteiger partial charge is 0.269 e. The summed E-state index contributed by atoms with van der Waals surface area (Å²) >= 11 is 1.53. The molecule has 0 fully saturated rings. The van der Waals surface area contributed by atoms with Crippen molar-refractivity contribution >= 4 is 34.0 Å². The second-order valence-electron chi connectivity index (χ2n) is 7.67. The van der Waals surface area contributed by atoms with Gasteiger partial charge in [-0.05, 0) is 35.9 Å². The number of aromatic amines is 1. The van der Waals surface area contributed by atoms with E-state index in [-0.39, 0.29) is 0 Å². The molecule has 5 aromatic rings. The van der Waals surface area contributed by atoms with Crippen molar-refractivity contribution in [1.82, 2.24) is 19.9 Å². The first-order valence-corrected chi connectivity index (χ1v) is 10.9. The van der Waals surface area contributed by atoms with Crippen molar-refractivity contribution < 1.29 is 9.90 Å². The molecule has 5 heterocycles. The molecular formula is C24H17N5O2S. The molecule has 32 heavy (non-hydrogen) atoms. The van der Waals surface area contributed by atoms with Crippen LogP contribution in [0, 0.1) is 0 Å². The normalized spacial score (nSPS) is 17.8. The van der Waals surface area contributed by atoms with Crippen LogP contribution in [0.25, 0.3) is 32.9 Å². The van der Waals surface area contributed by atoms with Gasteiger partial charge in [0, 0.05) is 47.5 Å². The summed E-state index contributed by atoms with van der Waals surface area (Å²) in [6, 6.07) is 14.8. The molecule has 1 aromatic carbocycles. The fraction of sp³-hybridized carbons (Fsp3) is 0.0833. The van der Waals surface area contributed by atoms with Gasteiger partial charge in [-0.1, -0.05) is 18.2 Å². The molecule has 7 nitrogen and oxygen atoms in total. The Kier molecular flexibility index (Phi) is 4.01. The molecule has 2 N–H and O–H groups in total. The van der Waals surface area contributed by atoms with Crippen molar-refractivity contribution in [3.05, 3.63) is 83.8 Å². The number of anilines is 1. The Hall–Kier alpha value is -3.88. The first-order chi connectivity index (χ1) is 15.6. The summed E-state index contributed by atoms with van der Waals surface area (Å²) in [5, 5.41) is 15.4. The van der Waals surface area contributed by atoms with E-state index in [0.29, 0.717) is 16.9 Å². The lowest BCUT2D eigenvalue weighted by molar-refractivity contribution is -0.132. The van der Waals surface area contributed by atoms with Crippen LogP contribution >= 0.6 is 11.3 Å². The Labute approximate surface area is 187 Å². The Morgan fingerprint density at radius 2 is 1.94 bits per heavy atom. The maximum absolute atomic E-state index is 13.0. The van der Waals surface area contributed by atoms with Crippen molar-refractivity contribution in [3.8, 4) is 21.8 Å². The van der Waals surface area contributed by atoms with Gasteiger partial charge in [0.05, 0.1) is 11.4 Å². The molecule has 0 spiro atoms. The van der Waals surface area contributed by atoms with Crippen LogP contribution in [-0.4, -0.2) is 38.0 Å². The number of hydrogen-bond acceptors (Lipinski definition) is 6. The van der Waals surface area contributed by atoms with Crippen LogP contribution in [-0.2, 0) is 10.4 Å². The number of benzene rings is 1. The summed E-state index contributed by atoms with van der Waals surface area (Å²) in [5.74, 6) is -0.423. The maximum atomic E-state index is 13.0. The number of fused-ring (bicyclic) bond motifs is 2. The minimum absolute atomic E-state index is 0.343. The van der Waals surface area contributed by atoms with Gasteiger partial charge >= 0.3 is 0 Å². The number of aliphatic hydroxyl groups is 1. The number of nitrogens with one attached hydrogen (secondary N) is 1. The van der Waals surface area contributed by atoms with Gasteiger partial charge in [-0.3, -0.25) is 9.78 Å². The van der Waals surface area contributed by atoms with Gasteiger partial charge in [-0.2, -0.15) is 0 Å². The second-order valence-corrected chi connectivity index (χ2v) is 8.52. The summed E-state index contributed by atoms with van der Waals surface area (Å²) in [7, 11) is 1.65. The molecule has 4 aromatic heterocycles. The first kappa shape index (κ1) is 18.9. The zero-order chi connectivity index (χ0) is 21.9. The molecule has 1 aliphatic rings. The number of rotatable bonds is 3. The van der Waals surface area contributed by atoms with Crippen molar-refractivity contribution in [2.45, 2.75) is 5.60 Å². The third kappa shape index (κ3) is 2.57. The van der Waals surface area contributed by atoms with Crippen LogP contribution in [0.15, 0.2) is 72.5 Å². The van der Waals surface area contributed by atoms with Crippen LogP contribution in [0.4, 0.5) is 5.69 Å². The van der Waals surface area contributed by atoms with Crippen LogP contribution in [0.2, 0.25) is 0 Å². The molecule has 1 atom stereocenters. The number of amides is 1. The Balaban J connectivity index is 1.43. The number of H-pyrrole nitrogens is 1. The molecule has 0 radical (unpaired) electrons. The van der Waals surface area contributed by atoms with Gasteiger partial charge in [0.25, 0.3) is 5.91 Å². The van der Waals surface area contributed by atoms with Crippen LogP contribution < -0.4 is 4.90 Å².